The Morgan fingerprint density at radius 1 is 1.15 bits per heavy atom. The molecule has 1 heterocycles. The zero-order valence-corrected chi connectivity index (χ0v) is 15.1. The number of hydrogen-bond acceptors (Lipinski definition) is 4. The minimum absolute atomic E-state index is 0.128. The maximum atomic E-state index is 12.2. The van der Waals surface area contributed by atoms with Crippen LogP contribution in [0.15, 0.2) is 65.1 Å². The summed E-state index contributed by atoms with van der Waals surface area (Å²) in [5.74, 6) is 0.881. The summed E-state index contributed by atoms with van der Waals surface area (Å²) in [6.07, 6.45) is 2.10. The molecule has 1 N–H and O–H groups in total. The Bertz CT molecular complexity index is 938. The number of nitrogens with zero attached hydrogens (tertiary/aromatic N) is 1. The Kier molecular flexibility index (Phi) is 5.91. The van der Waals surface area contributed by atoms with Gasteiger partial charge >= 0.3 is 0 Å². The van der Waals surface area contributed by atoms with E-state index < -0.39 is 5.91 Å². The number of carbonyl (C=O) groups is 1. The molecule has 27 heavy (non-hydrogen) atoms. The van der Waals surface area contributed by atoms with Gasteiger partial charge in [0.2, 0.25) is 5.88 Å². The van der Waals surface area contributed by atoms with Crippen molar-refractivity contribution in [3.8, 4) is 23.1 Å². The minimum atomic E-state index is -0.391. The molecule has 0 saturated heterocycles. The number of anilines is 1. The van der Waals surface area contributed by atoms with Crippen LogP contribution in [0.4, 0.5) is 5.88 Å². The summed E-state index contributed by atoms with van der Waals surface area (Å²) in [4.78, 5) is 12.2. The fraction of sp³-hybridized carbons (Fsp3) is 0.182. The summed E-state index contributed by atoms with van der Waals surface area (Å²) in [5.41, 5.74) is 2.33. The van der Waals surface area contributed by atoms with E-state index in [2.05, 4.69) is 12.2 Å². The third-order valence-corrected chi connectivity index (χ3v) is 4.00. The largest absolute Gasteiger partial charge is 0.484 e. The van der Waals surface area contributed by atoms with Crippen molar-refractivity contribution in [3.63, 3.8) is 0 Å². The van der Waals surface area contributed by atoms with Gasteiger partial charge in [-0.25, -0.2) is 0 Å². The van der Waals surface area contributed by atoms with Crippen molar-refractivity contribution in [3.05, 3.63) is 71.8 Å². The van der Waals surface area contributed by atoms with Crippen molar-refractivity contribution in [2.24, 2.45) is 0 Å². The molecule has 136 valence electrons. The highest BCUT2D eigenvalue weighted by Crippen LogP contribution is 2.28. The molecule has 1 amide bonds. The zero-order valence-electron chi connectivity index (χ0n) is 15.1. The van der Waals surface area contributed by atoms with Crippen LogP contribution in [0.5, 0.6) is 5.75 Å². The first-order valence-electron chi connectivity index (χ1n) is 8.80. The predicted octanol–water partition coefficient (Wildman–Crippen LogP) is 4.79. The van der Waals surface area contributed by atoms with Gasteiger partial charge in [0.15, 0.2) is 6.61 Å². The van der Waals surface area contributed by atoms with E-state index in [9.17, 15) is 10.1 Å². The summed E-state index contributed by atoms with van der Waals surface area (Å²) in [6.45, 7) is 1.96. The molecule has 0 aliphatic heterocycles. The molecule has 0 aliphatic rings. The van der Waals surface area contributed by atoms with Gasteiger partial charge in [-0.3, -0.25) is 10.1 Å². The monoisotopic (exact) mass is 360 g/mol. The maximum absolute atomic E-state index is 12.2. The molecule has 1 aromatic heterocycles. The van der Waals surface area contributed by atoms with Crippen LogP contribution in [-0.4, -0.2) is 12.5 Å². The van der Waals surface area contributed by atoms with Crippen LogP contribution in [0.2, 0.25) is 0 Å². The number of nitriles is 1. The molecule has 0 fully saturated rings. The highest BCUT2D eigenvalue weighted by Gasteiger charge is 2.15. The fourth-order valence-electron chi connectivity index (χ4n) is 2.66. The highest BCUT2D eigenvalue weighted by atomic mass is 16.5. The van der Waals surface area contributed by atoms with Crippen LogP contribution in [0.1, 0.15) is 24.5 Å². The third-order valence-electron chi connectivity index (χ3n) is 4.00. The maximum Gasteiger partial charge on any atom is 0.264 e. The molecule has 0 aliphatic carbocycles. The van der Waals surface area contributed by atoms with E-state index in [4.69, 9.17) is 9.15 Å². The first-order chi connectivity index (χ1) is 13.2. The van der Waals surface area contributed by atoms with Crippen molar-refractivity contribution in [1.29, 1.82) is 5.26 Å². The average Bonchev–Trinajstić information content (AvgIpc) is 3.11. The van der Waals surface area contributed by atoms with Crippen LogP contribution in [-0.2, 0) is 11.2 Å². The van der Waals surface area contributed by atoms with Crippen molar-refractivity contribution in [2.75, 3.05) is 11.9 Å². The minimum Gasteiger partial charge on any atom is -0.484 e. The number of benzene rings is 2. The summed E-state index contributed by atoms with van der Waals surface area (Å²) in [7, 11) is 0. The number of nitrogens with one attached hydrogen (secondary N) is 1. The number of carbonyl (C=O) groups excluding carboxylic acids is 1. The van der Waals surface area contributed by atoms with Crippen molar-refractivity contribution < 1.29 is 13.9 Å². The van der Waals surface area contributed by atoms with Crippen molar-refractivity contribution in [1.82, 2.24) is 0 Å². The van der Waals surface area contributed by atoms with E-state index in [1.807, 2.05) is 60.7 Å². The molecule has 5 nitrogen and oxygen atoms in total. The van der Waals surface area contributed by atoms with Gasteiger partial charge in [0.1, 0.15) is 23.1 Å². The number of rotatable bonds is 7. The Morgan fingerprint density at radius 2 is 1.89 bits per heavy atom. The van der Waals surface area contributed by atoms with E-state index >= 15 is 0 Å². The Balaban J connectivity index is 1.62. The van der Waals surface area contributed by atoms with E-state index in [1.54, 1.807) is 6.07 Å². The Labute approximate surface area is 158 Å². The number of amides is 1. The molecule has 5 heteroatoms. The molecule has 3 rings (SSSR count). The van der Waals surface area contributed by atoms with E-state index in [1.165, 1.54) is 5.56 Å². The van der Waals surface area contributed by atoms with Crippen LogP contribution < -0.4 is 10.1 Å². The quantitative estimate of drug-likeness (QED) is 0.657. The van der Waals surface area contributed by atoms with Gasteiger partial charge < -0.3 is 9.15 Å². The number of hydrogen-bond donors (Lipinski definition) is 1. The lowest BCUT2D eigenvalue weighted by atomic mass is 10.1. The highest BCUT2D eigenvalue weighted by molar-refractivity contribution is 5.92. The van der Waals surface area contributed by atoms with Crippen LogP contribution in [0.3, 0.4) is 0 Å². The second-order valence-corrected chi connectivity index (χ2v) is 6.06. The topological polar surface area (TPSA) is 75.3 Å². The van der Waals surface area contributed by atoms with Gasteiger partial charge in [0, 0.05) is 11.6 Å². The summed E-state index contributed by atoms with van der Waals surface area (Å²) in [5, 5.41) is 11.9. The molecular weight excluding hydrogens is 340 g/mol. The van der Waals surface area contributed by atoms with Crippen LogP contribution >= 0.6 is 0 Å². The van der Waals surface area contributed by atoms with Crippen LogP contribution in [0.25, 0.3) is 11.3 Å². The first kappa shape index (κ1) is 18.3. The average molecular weight is 360 g/mol. The number of ether oxygens (including phenoxy) is 1. The zero-order chi connectivity index (χ0) is 19.1. The van der Waals surface area contributed by atoms with E-state index in [0.717, 1.165) is 18.4 Å². The van der Waals surface area contributed by atoms with Crippen LogP contribution in [0, 0.1) is 11.3 Å². The van der Waals surface area contributed by atoms with Crippen molar-refractivity contribution in [2.45, 2.75) is 19.8 Å². The first-order valence-corrected chi connectivity index (χ1v) is 8.80. The summed E-state index contributed by atoms with van der Waals surface area (Å²) in [6, 6.07) is 20.7. The molecule has 0 bridgehead atoms. The summed E-state index contributed by atoms with van der Waals surface area (Å²) >= 11 is 0. The molecule has 0 radical (unpaired) electrons. The molecule has 0 unspecified atom stereocenters. The molecule has 0 saturated carbocycles. The van der Waals surface area contributed by atoms with Gasteiger partial charge in [-0.1, -0.05) is 55.8 Å². The normalized spacial score (nSPS) is 10.2. The lowest BCUT2D eigenvalue weighted by molar-refractivity contribution is -0.118. The van der Waals surface area contributed by atoms with Gasteiger partial charge in [-0.05, 0) is 24.1 Å². The fourth-order valence-corrected chi connectivity index (χ4v) is 2.66. The van der Waals surface area contributed by atoms with Gasteiger partial charge in [-0.15, -0.1) is 0 Å². The van der Waals surface area contributed by atoms with Gasteiger partial charge in [-0.2, -0.15) is 5.26 Å². The lowest BCUT2D eigenvalue weighted by Crippen LogP contribution is -2.20. The van der Waals surface area contributed by atoms with Crippen molar-refractivity contribution >= 4 is 11.8 Å². The van der Waals surface area contributed by atoms with Gasteiger partial charge in [0.25, 0.3) is 5.91 Å². The lowest BCUT2D eigenvalue weighted by Gasteiger charge is -2.07. The molecule has 3 aromatic rings. The van der Waals surface area contributed by atoms with E-state index in [-0.39, 0.29) is 18.1 Å². The van der Waals surface area contributed by atoms with E-state index in [0.29, 0.717) is 11.5 Å². The molecular formula is C22H20N2O3. The third kappa shape index (κ3) is 4.77. The molecule has 2 aromatic carbocycles. The SMILES string of the molecule is CCCc1ccc(OCC(=O)Nc2oc(-c3ccccc3)cc2C#N)cc1. The second-order valence-electron chi connectivity index (χ2n) is 6.06. The number of furan rings is 1. The standard InChI is InChI=1S/C22H20N2O3/c1-2-6-16-9-11-19(12-10-16)26-15-21(25)24-22-18(14-23)13-20(27-22)17-7-4-3-5-8-17/h3-5,7-13H,2,6,15H2,1H3,(H,24,25). The smallest absolute Gasteiger partial charge is 0.264 e. The Morgan fingerprint density at radius 3 is 2.56 bits per heavy atom. The van der Waals surface area contributed by atoms with Gasteiger partial charge in [0.05, 0.1) is 0 Å². The second kappa shape index (κ2) is 8.72. The summed E-state index contributed by atoms with van der Waals surface area (Å²) < 4.78 is 11.1. The number of aryl methyl sites for hydroxylation is 1. The molecule has 0 spiro atoms. The predicted molar refractivity (Wildman–Crippen MR) is 103 cm³/mol. The molecule has 0 atom stereocenters. The Hall–Kier alpha value is -3.52.